The number of nitrogens with zero attached hydrogens (tertiary/aromatic N) is 1. The summed E-state index contributed by atoms with van der Waals surface area (Å²) in [6.07, 6.45) is 0. The maximum absolute atomic E-state index is 10.9. The fourth-order valence-corrected chi connectivity index (χ4v) is 2.14. The molecule has 2 aromatic rings. The Hall–Kier alpha value is -1.88. The third-order valence-corrected chi connectivity index (χ3v) is 3.05. The molecule has 0 bridgehead atoms. The lowest BCUT2D eigenvalue weighted by atomic mass is 10.2. The summed E-state index contributed by atoms with van der Waals surface area (Å²) in [6, 6.07) is 7.23. The highest BCUT2D eigenvalue weighted by Crippen LogP contribution is 2.19. The fourth-order valence-electron chi connectivity index (χ4n) is 1.49. The van der Waals surface area contributed by atoms with Crippen LogP contribution in [0, 0.1) is 0 Å². The highest BCUT2D eigenvalue weighted by Gasteiger charge is 2.07. The molecule has 0 aliphatic heterocycles. The van der Waals surface area contributed by atoms with Gasteiger partial charge in [0.25, 0.3) is 0 Å². The molecule has 0 fully saturated rings. The van der Waals surface area contributed by atoms with Gasteiger partial charge in [-0.25, -0.2) is 4.98 Å². The summed E-state index contributed by atoms with van der Waals surface area (Å²) in [5.74, 6) is -0.413. The first-order valence-electron chi connectivity index (χ1n) is 5.21. The zero-order valence-electron chi connectivity index (χ0n) is 9.38. The highest BCUT2D eigenvalue weighted by molar-refractivity contribution is 7.07. The number of carbonyl (C=O) groups is 1. The highest BCUT2D eigenvalue weighted by atomic mass is 32.1. The number of rotatable bonds is 4. The maximum Gasteiger partial charge on any atom is 0.248 e. The predicted molar refractivity (Wildman–Crippen MR) is 69.1 cm³/mol. The topological polar surface area (TPSA) is 68.0 Å². The van der Waals surface area contributed by atoms with E-state index in [2.05, 4.69) is 10.3 Å². The molecular formula is C12H13N3OS. The Balaban J connectivity index is 2.06. The summed E-state index contributed by atoms with van der Waals surface area (Å²) in [4.78, 5) is 15.2. The molecule has 1 amide bonds. The van der Waals surface area contributed by atoms with Crippen molar-refractivity contribution in [2.75, 3.05) is 5.32 Å². The summed E-state index contributed by atoms with van der Waals surface area (Å²) in [5, 5.41) is 5.31. The first-order chi connectivity index (χ1) is 8.16. The second-order valence-electron chi connectivity index (χ2n) is 3.72. The van der Waals surface area contributed by atoms with E-state index in [4.69, 9.17) is 5.73 Å². The van der Waals surface area contributed by atoms with Crippen LogP contribution in [0.3, 0.4) is 0 Å². The summed E-state index contributed by atoms with van der Waals surface area (Å²) in [5.41, 5.74) is 9.44. The van der Waals surface area contributed by atoms with E-state index in [9.17, 15) is 4.79 Å². The van der Waals surface area contributed by atoms with Gasteiger partial charge in [-0.05, 0) is 31.2 Å². The molecule has 1 aromatic heterocycles. The van der Waals surface area contributed by atoms with Crippen LogP contribution in [0.1, 0.15) is 29.0 Å². The van der Waals surface area contributed by atoms with E-state index < -0.39 is 5.91 Å². The van der Waals surface area contributed by atoms with E-state index in [1.807, 2.05) is 29.9 Å². The van der Waals surface area contributed by atoms with Gasteiger partial charge < -0.3 is 11.1 Å². The van der Waals surface area contributed by atoms with Gasteiger partial charge in [0, 0.05) is 16.6 Å². The number of thiazole rings is 1. The number of primary amides is 1. The largest absolute Gasteiger partial charge is 0.377 e. The molecule has 88 valence electrons. The summed E-state index contributed by atoms with van der Waals surface area (Å²) < 4.78 is 0. The Morgan fingerprint density at radius 3 is 2.65 bits per heavy atom. The van der Waals surface area contributed by atoms with Crippen LogP contribution in [0.4, 0.5) is 5.69 Å². The number of anilines is 1. The smallest absolute Gasteiger partial charge is 0.248 e. The Labute approximate surface area is 103 Å². The van der Waals surface area contributed by atoms with Crippen LogP contribution in [-0.4, -0.2) is 10.9 Å². The van der Waals surface area contributed by atoms with Crippen LogP contribution in [0.25, 0.3) is 0 Å². The van der Waals surface area contributed by atoms with Crippen molar-refractivity contribution in [2.45, 2.75) is 13.0 Å². The average molecular weight is 247 g/mol. The minimum Gasteiger partial charge on any atom is -0.377 e. The summed E-state index contributed by atoms with van der Waals surface area (Å²) >= 11 is 1.57. The molecule has 17 heavy (non-hydrogen) atoms. The lowest BCUT2D eigenvalue weighted by molar-refractivity contribution is 0.100. The lowest BCUT2D eigenvalue weighted by Crippen LogP contribution is -2.11. The zero-order chi connectivity index (χ0) is 12.3. The Kier molecular flexibility index (Phi) is 3.39. The lowest BCUT2D eigenvalue weighted by Gasteiger charge is -2.13. The molecule has 1 heterocycles. The predicted octanol–water partition coefficient (Wildman–Crippen LogP) is 2.42. The number of nitrogens with one attached hydrogen (secondary N) is 1. The first kappa shape index (κ1) is 11.6. The number of hydrogen-bond acceptors (Lipinski definition) is 4. The molecule has 1 unspecified atom stereocenters. The van der Waals surface area contributed by atoms with E-state index >= 15 is 0 Å². The molecule has 2 rings (SSSR count). The third-order valence-electron chi connectivity index (χ3n) is 2.45. The van der Waals surface area contributed by atoms with Crippen molar-refractivity contribution in [1.29, 1.82) is 0 Å². The molecule has 0 aliphatic rings. The quantitative estimate of drug-likeness (QED) is 0.871. The molecule has 5 heteroatoms. The molecule has 1 atom stereocenters. The SMILES string of the molecule is CC(Nc1ccc(C(N)=O)cc1)c1cscn1. The standard InChI is InChI=1S/C12H13N3OS/c1-8(11-6-17-7-14-11)15-10-4-2-9(3-5-10)12(13)16/h2-8,15H,1H3,(H2,13,16). The average Bonchev–Trinajstić information content (AvgIpc) is 2.83. The molecule has 0 saturated heterocycles. The van der Waals surface area contributed by atoms with Crippen molar-refractivity contribution in [3.63, 3.8) is 0 Å². The first-order valence-corrected chi connectivity index (χ1v) is 6.15. The molecule has 0 spiro atoms. The van der Waals surface area contributed by atoms with Crippen molar-refractivity contribution in [3.8, 4) is 0 Å². The van der Waals surface area contributed by atoms with Crippen molar-refractivity contribution >= 4 is 22.9 Å². The van der Waals surface area contributed by atoms with Gasteiger partial charge in [-0.3, -0.25) is 4.79 Å². The molecule has 0 radical (unpaired) electrons. The molecular weight excluding hydrogens is 234 g/mol. The number of benzene rings is 1. The summed E-state index contributed by atoms with van der Waals surface area (Å²) in [7, 11) is 0. The number of nitrogens with two attached hydrogens (primary N) is 1. The second-order valence-corrected chi connectivity index (χ2v) is 4.44. The Morgan fingerprint density at radius 1 is 1.41 bits per heavy atom. The van der Waals surface area contributed by atoms with Crippen molar-refractivity contribution in [2.24, 2.45) is 5.73 Å². The van der Waals surface area contributed by atoms with Gasteiger partial charge in [0.05, 0.1) is 17.2 Å². The minimum atomic E-state index is -0.413. The molecule has 0 aliphatic carbocycles. The van der Waals surface area contributed by atoms with Crippen molar-refractivity contribution in [1.82, 2.24) is 4.98 Å². The third kappa shape index (κ3) is 2.82. The van der Waals surface area contributed by atoms with Crippen LogP contribution in [0.15, 0.2) is 35.2 Å². The van der Waals surface area contributed by atoms with E-state index in [1.54, 1.807) is 23.5 Å². The van der Waals surface area contributed by atoms with Gasteiger partial charge in [0.15, 0.2) is 0 Å². The van der Waals surface area contributed by atoms with Crippen LogP contribution < -0.4 is 11.1 Å². The Bertz CT molecular complexity index is 493. The number of carbonyl (C=O) groups excluding carboxylic acids is 1. The molecule has 1 aromatic carbocycles. The van der Waals surface area contributed by atoms with Crippen LogP contribution >= 0.6 is 11.3 Å². The maximum atomic E-state index is 10.9. The summed E-state index contributed by atoms with van der Waals surface area (Å²) in [6.45, 7) is 2.04. The van der Waals surface area contributed by atoms with E-state index in [1.165, 1.54) is 0 Å². The number of hydrogen-bond donors (Lipinski definition) is 2. The van der Waals surface area contributed by atoms with Gasteiger partial charge >= 0.3 is 0 Å². The normalized spacial score (nSPS) is 12.1. The van der Waals surface area contributed by atoms with Gasteiger partial charge in [0.1, 0.15) is 0 Å². The van der Waals surface area contributed by atoms with Gasteiger partial charge in [-0.2, -0.15) is 0 Å². The fraction of sp³-hybridized carbons (Fsp3) is 0.167. The molecule has 3 N–H and O–H groups in total. The Morgan fingerprint density at radius 2 is 2.12 bits per heavy atom. The van der Waals surface area contributed by atoms with Crippen LogP contribution in [-0.2, 0) is 0 Å². The van der Waals surface area contributed by atoms with Gasteiger partial charge in [-0.1, -0.05) is 0 Å². The van der Waals surface area contributed by atoms with E-state index in [0.29, 0.717) is 5.56 Å². The zero-order valence-corrected chi connectivity index (χ0v) is 10.2. The number of amides is 1. The monoisotopic (exact) mass is 247 g/mol. The second kappa shape index (κ2) is 4.97. The molecule has 0 saturated carbocycles. The van der Waals surface area contributed by atoms with Crippen LogP contribution in [0.2, 0.25) is 0 Å². The minimum absolute atomic E-state index is 0.140. The molecule has 4 nitrogen and oxygen atoms in total. The van der Waals surface area contributed by atoms with E-state index in [0.717, 1.165) is 11.4 Å². The van der Waals surface area contributed by atoms with Crippen molar-refractivity contribution < 1.29 is 4.79 Å². The van der Waals surface area contributed by atoms with Gasteiger partial charge in [0.2, 0.25) is 5.91 Å². The van der Waals surface area contributed by atoms with Crippen molar-refractivity contribution in [3.05, 3.63) is 46.4 Å². The van der Waals surface area contributed by atoms with E-state index in [-0.39, 0.29) is 6.04 Å². The van der Waals surface area contributed by atoms with Crippen LogP contribution in [0.5, 0.6) is 0 Å². The number of aromatic nitrogens is 1. The van der Waals surface area contributed by atoms with Gasteiger partial charge in [-0.15, -0.1) is 11.3 Å².